The van der Waals surface area contributed by atoms with E-state index in [4.69, 9.17) is 13.6 Å². The average Bonchev–Trinajstić information content (AvgIpc) is 1.78. The SMILES string of the molecule is CCOP(OC(C)(C)C)OC(C)(C)C. The average molecular weight is 222 g/mol. The predicted octanol–water partition coefficient (Wildman–Crippen LogP) is 3.88. The van der Waals surface area contributed by atoms with Gasteiger partial charge >= 0.3 is 8.60 Å². The van der Waals surface area contributed by atoms with Crippen LogP contribution in [0.3, 0.4) is 0 Å². The molecule has 0 aromatic heterocycles. The molecule has 0 N–H and O–H groups in total. The van der Waals surface area contributed by atoms with Crippen molar-refractivity contribution in [1.29, 1.82) is 0 Å². The summed E-state index contributed by atoms with van der Waals surface area (Å²) in [6.45, 7) is 14.5. The van der Waals surface area contributed by atoms with Gasteiger partial charge in [-0.15, -0.1) is 0 Å². The van der Waals surface area contributed by atoms with Crippen LogP contribution in [0.5, 0.6) is 0 Å². The third-order valence-corrected chi connectivity index (χ3v) is 2.79. The number of hydrogen-bond donors (Lipinski definition) is 0. The summed E-state index contributed by atoms with van der Waals surface area (Å²) >= 11 is 0. The maximum Gasteiger partial charge on any atom is 0.333 e. The Labute approximate surface area is 89.1 Å². The summed E-state index contributed by atoms with van der Waals surface area (Å²) in [5, 5.41) is 0. The van der Waals surface area contributed by atoms with Crippen molar-refractivity contribution < 1.29 is 13.6 Å². The highest BCUT2D eigenvalue weighted by Gasteiger charge is 2.26. The van der Waals surface area contributed by atoms with E-state index in [1.54, 1.807) is 0 Å². The van der Waals surface area contributed by atoms with Gasteiger partial charge in [0, 0.05) is 0 Å². The first-order chi connectivity index (χ1) is 6.14. The Hall–Kier alpha value is 0.310. The third kappa shape index (κ3) is 8.89. The molecule has 0 rings (SSSR count). The lowest BCUT2D eigenvalue weighted by Crippen LogP contribution is -2.22. The summed E-state index contributed by atoms with van der Waals surface area (Å²) in [5.41, 5.74) is -0.460. The molecular weight excluding hydrogens is 199 g/mol. The van der Waals surface area contributed by atoms with Crippen molar-refractivity contribution in [2.75, 3.05) is 6.61 Å². The predicted molar refractivity (Wildman–Crippen MR) is 60.2 cm³/mol. The molecule has 0 aromatic rings. The molecule has 0 aliphatic carbocycles. The lowest BCUT2D eigenvalue weighted by atomic mass is 10.2. The molecule has 0 atom stereocenters. The van der Waals surface area contributed by atoms with E-state index < -0.39 is 8.60 Å². The first kappa shape index (κ1) is 14.3. The normalized spacial score (nSPS) is 13.7. The Kier molecular flexibility index (Phi) is 5.53. The van der Waals surface area contributed by atoms with Crippen LogP contribution in [0, 0.1) is 0 Å². The minimum Gasteiger partial charge on any atom is -0.313 e. The summed E-state index contributed by atoms with van der Waals surface area (Å²) in [6.07, 6.45) is 0. The van der Waals surface area contributed by atoms with Crippen LogP contribution in [0.4, 0.5) is 0 Å². The number of rotatable bonds is 4. The van der Waals surface area contributed by atoms with Gasteiger partial charge in [-0.25, -0.2) is 0 Å². The molecule has 0 fully saturated rings. The van der Waals surface area contributed by atoms with Crippen molar-refractivity contribution in [3.63, 3.8) is 0 Å². The van der Waals surface area contributed by atoms with Crippen molar-refractivity contribution >= 4 is 8.60 Å². The van der Waals surface area contributed by atoms with Gasteiger partial charge in [0.15, 0.2) is 0 Å². The first-order valence-corrected chi connectivity index (χ1v) is 6.05. The standard InChI is InChI=1S/C10H23O3P/c1-8-11-14(12-9(2,3)4)13-10(5,6)7/h8H2,1-7H3. The molecule has 0 aromatic carbocycles. The van der Waals surface area contributed by atoms with Crippen LogP contribution in [0.2, 0.25) is 0 Å². The summed E-state index contributed by atoms with van der Waals surface area (Å²) in [4.78, 5) is 0. The van der Waals surface area contributed by atoms with Crippen molar-refractivity contribution in [3.8, 4) is 0 Å². The Bertz CT molecular complexity index is 142. The molecule has 0 aliphatic rings. The van der Waals surface area contributed by atoms with Crippen LogP contribution in [0.1, 0.15) is 48.5 Å². The maximum atomic E-state index is 5.67. The van der Waals surface area contributed by atoms with E-state index in [1.807, 2.05) is 48.5 Å². The summed E-state index contributed by atoms with van der Waals surface area (Å²) in [5.74, 6) is 0. The zero-order valence-electron chi connectivity index (χ0n) is 10.4. The van der Waals surface area contributed by atoms with E-state index in [1.165, 1.54) is 0 Å². The van der Waals surface area contributed by atoms with E-state index in [2.05, 4.69) is 0 Å². The van der Waals surface area contributed by atoms with Gasteiger partial charge in [0.1, 0.15) is 0 Å². The van der Waals surface area contributed by atoms with Crippen molar-refractivity contribution in [3.05, 3.63) is 0 Å². The molecule has 0 unspecified atom stereocenters. The highest BCUT2D eigenvalue weighted by Crippen LogP contribution is 2.46. The zero-order valence-corrected chi connectivity index (χ0v) is 11.3. The second-order valence-electron chi connectivity index (χ2n) is 5.05. The smallest absolute Gasteiger partial charge is 0.313 e. The molecule has 86 valence electrons. The van der Waals surface area contributed by atoms with E-state index in [-0.39, 0.29) is 11.2 Å². The molecule has 0 aliphatic heterocycles. The fourth-order valence-corrected chi connectivity index (χ4v) is 1.87. The van der Waals surface area contributed by atoms with Gasteiger partial charge in [0.2, 0.25) is 0 Å². The van der Waals surface area contributed by atoms with Gasteiger partial charge in [-0.05, 0) is 48.5 Å². The van der Waals surface area contributed by atoms with Crippen LogP contribution >= 0.6 is 8.60 Å². The quantitative estimate of drug-likeness (QED) is 0.675. The fourth-order valence-electron chi connectivity index (χ4n) is 0.624. The third-order valence-electron chi connectivity index (χ3n) is 0.931. The molecule has 0 saturated heterocycles. The van der Waals surface area contributed by atoms with E-state index in [0.29, 0.717) is 6.61 Å². The molecule has 0 spiro atoms. The summed E-state index contributed by atoms with van der Waals surface area (Å²) in [7, 11) is -1.24. The van der Waals surface area contributed by atoms with Crippen LogP contribution in [0.25, 0.3) is 0 Å². The summed E-state index contributed by atoms with van der Waals surface area (Å²) < 4.78 is 16.8. The van der Waals surface area contributed by atoms with Crippen LogP contribution < -0.4 is 0 Å². The molecular formula is C10H23O3P. The Morgan fingerprint density at radius 3 is 1.43 bits per heavy atom. The second-order valence-corrected chi connectivity index (χ2v) is 6.12. The van der Waals surface area contributed by atoms with Gasteiger partial charge in [-0.2, -0.15) is 0 Å². The van der Waals surface area contributed by atoms with Gasteiger partial charge < -0.3 is 13.6 Å². The zero-order chi connectivity index (χ0) is 11.4. The van der Waals surface area contributed by atoms with Gasteiger partial charge in [0.05, 0.1) is 17.8 Å². The molecule has 14 heavy (non-hydrogen) atoms. The minimum absolute atomic E-state index is 0.230. The van der Waals surface area contributed by atoms with E-state index >= 15 is 0 Å². The topological polar surface area (TPSA) is 27.7 Å². The summed E-state index contributed by atoms with van der Waals surface area (Å²) in [6, 6.07) is 0. The molecule has 3 nitrogen and oxygen atoms in total. The highest BCUT2D eigenvalue weighted by molar-refractivity contribution is 7.41. The van der Waals surface area contributed by atoms with Crippen molar-refractivity contribution in [2.24, 2.45) is 0 Å². The van der Waals surface area contributed by atoms with Crippen LogP contribution in [-0.2, 0) is 13.6 Å². The Morgan fingerprint density at radius 2 is 1.21 bits per heavy atom. The molecule has 4 heteroatoms. The Morgan fingerprint density at radius 1 is 0.857 bits per heavy atom. The van der Waals surface area contributed by atoms with Gasteiger partial charge in [-0.1, -0.05) is 0 Å². The van der Waals surface area contributed by atoms with Gasteiger partial charge in [-0.3, -0.25) is 0 Å². The largest absolute Gasteiger partial charge is 0.333 e. The molecule has 0 heterocycles. The van der Waals surface area contributed by atoms with Crippen LogP contribution in [0.15, 0.2) is 0 Å². The monoisotopic (exact) mass is 222 g/mol. The van der Waals surface area contributed by atoms with E-state index in [0.717, 1.165) is 0 Å². The van der Waals surface area contributed by atoms with Crippen LogP contribution in [-0.4, -0.2) is 17.8 Å². The lowest BCUT2D eigenvalue weighted by Gasteiger charge is -2.30. The number of hydrogen-bond acceptors (Lipinski definition) is 3. The van der Waals surface area contributed by atoms with E-state index in [9.17, 15) is 0 Å². The lowest BCUT2D eigenvalue weighted by molar-refractivity contribution is 0.0346. The molecule has 0 radical (unpaired) electrons. The van der Waals surface area contributed by atoms with Crippen molar-refractivity contribution in [1.82, 2.24) is 0 Å². The maximum absolute atomic E-state index is 5.67. The van der Waals surface area contributed by atoms with Gasteiger partial charge in [0.25, 0.3) is 0 Å². The molecule has 0 saturated carbocycles. The highest BCUT2D eigenvalue weighted by atomic mass is 31.2. The molecule has 0 amide bonds. The molecule has 0 bridgehead atoms. The fraction of sp³-hybridized carbons (Fsp3) is 1.00. The first-order valence-electron chi connectivity index (χ1n) is 4.95. The second kappa shape index (κ2) is 5.41. The Balaban J connectivity index is 4.16. The van der Waals surface area contributed by atoms with Crippen molar-refractivity contribution in [2.45, 2.75) is 59.7 Å². The minimum atomic E-state index is -1.24.